The molecule has 118 valence electrons. The molecule has 22 heavy (non-hydrogen) atoms. The summed E-state index contributed by atoms with van der Waals surface area (Å²) in [7, 11) is -3.18. The molecule has 0 fully saturated rings. The second kappa shape index (κ2) is 7.92. The molecule has 2 atom stereocenters. The Hall–Kier alpha value is 0.310. The molecule has 0 amide bonds. The molecule has 0 saturated heterocycles. The van der Waals surface area contributed by atoms with Gasteiger partial charge in [-0.05, 0) is 69.3 Å². The Morgan fingerprint density at radius 3 is 1.91 bits per heavy atom. The van der Waals surface area contributed by atoms with Crippen molar-refractivity contribution >= 4 is 72.0 Å². The van der Waals surface area contributed by atoms with E-state index in [1.807, 2.05) is 18.2 Å². The molecule has 0 bridgehead atoms. The third-order valence-electron chi connectivity index (χ3n) is 2.86. The standard InChI is InChI=1S/C13H9Br4O4P/c14-8-7(9(15)11(17)12(18)10(8)16)13(21-22(19)20)6-4-2-1-3-5-6/h1-5,13,18,22H,(H,19,20). The fraction of sp³-hybridized carbons (Fsp3) is 0.0769. The number of hydrogen-bond donors (Lipinski definition) is 2. The molecule has 2 aromatic rings. The first-order valence-corrected chi connectivity index (χ1v) is 10.3. The fourth-order valence-corrected chi connectivity index (χ4v) is 4.89. The first-order chi connectivity index (χ1) is 10.3. The highest BCUT2D eigenvalue weighted by Gasteiger charge is 2.27. The van der Waals surface area contributed by atoms with Gasteiger partial charge in [0.25, 0.3) is 0 Å². The summed E-state index contributed by atoms with van der Waals surface area (Å²) in [6, 6.07) is 9.06. The van der Waals surface area contributed by atoms with Gasteiger partial charge in [0.15, 0.2) is 0 Å². The van der Waals surface area contributed by atoms with Crippen LogP contribution in [0.3, 0.4) is 0 Å². The maximum atomic E-state index is 11.3. The van der Waals surface area contributed by atoms with Crippen LogP contribution in [0.15, 0.2) is 48.2 Å². The summed E-state index contributed by atoms with van der Waals surface area (Å²) >= 11 is 13.4. The van der Waals surface area contributed by atoms with Crippen LogP contribution in [0.2, 0.25) is 0 Å². The van der Waals surface area contributed by atoms with Crippen LogP contribution in [0, 0.1) is 0 Å². The molecule has 2 aromatic carbocycles. The molecule has 0 aliphatic carbocycles. The lowest BCUT2D eigenvalue weighted by atomic mass is 10.0. The van der Waals surface area contributed by atoms with Gasteiger partial charge < -0.3 is 10.00 Å². The summed E-state index contributed by atoms with van der Waals surface area (Å²) in [5.41, 5.74) is 1.29. The first-order valence-electron chi connectivity index (χ1n) is 5.84. The van der Waals surface area contributed by atoms with E-state index in [1.54, 1.807) is 12.1 Å². The minimum Gasteiger partial charge on any atom is -0.505 e. The van der Waals surface area contributed by atoms with Gasteiger partial charge in [-0.25, -0.2) is 0 Å². The van der Waals surface area contributed by atoms with Crippen LogP contribution in [0.25, 0.3) is 0 Å². The van der Waals surface area contributed by atoms with E-state index in [-0.39, 0.29) is 5.75 Å². The Morgan fingerprint density at radius 2 is 1.45 bits per heavy atom. The van der Waals surface area contributed by atoms with E-state index in [0.717, 1.165) is 0 Å². The zero-order chi connectivity index (χ0) is 16.4. The Bertz CT molecular complexity index is 695. The van der Waals surface area contributed by atoms with Gasteiger partial charge in [0.2, 0.25) is 0 Å². The molecule has 0 aliphatic rings. The van der Waals surface area contributed by atoms with Gasteiger partial charge in [-0.3, -0.25) is 9.09 Å². The average Bonchev–Trinajstić information content (AvgIpc) is 2.50. The highest BCUT2D eigenvalue weighted by molar-refractivity contribution is 9.14. The lowest BCUT2D eigenvalue weighted by molar-refractivity contribution is 0.224. The van der Waals surface area contributed by atoms with E-state index in [9.17, 15) is 14.6 Å². The molecule has 4 nitrogen and oxygen atoms in total. The number of rotatable bonds is 4. The van der Waals surface area contributed by atoms with Gasteiger partial charge in [0.05, 0.1) is 8.95 Å². The summed E-state index contributed by atoms with van der Waals surface area (Å²) in [6.45, 7) is 0. The Morgan fingerprint density at radius 1 is 0.955 bits per heavy atom. The van der Waals surface area contributed by atoms with Crippen LogP contribution >= 0.6 is 72.0 Å². The maximum absolute atomic E-state index is 11.3. The zero-order valence-electron chi connectivity index (χ0n) is 10.7. The third-order valence-corrected chi connectivity index (χ3v) is 7.55. The molecule has 2 rings (SSSR count). The van der Waals surface area contributed by atoms with Crippen LogP contribution < -0.4 is 0 Å². The van der Waals surface area contributed by atoms with E-state index < -0.39 is 14.4 Å². The van der Waals surface area contributed by atoms with Crippen LogP contribution in [-0.4, -0.2) is 10.00 Å². The summed E-state index contributed by atoms with van der Waals surface area (Å²) in [6.07, 6.45) is -0.783. The predicted molar refractivity (Wildman–Crippen MR) is 99.5 cm³/mol. The highest BCUT2D eigenvalue weighted by Crippen LogP contribution is 2.50. The quantitative estimate of drug-likeness (QED) is 0.348. The summed E-state index contributed by atoms with van der Waals surface area (Å²) in [5.74, 6) is 0.00552. The molecule has 0 spiro atoms. The van der Waals surface area contributed by atoms with Gasteiger partial charge >= 0.3 is 8.25 Å². The first kappa shape index (κ1) is 18.6. The predicted octanol–water partition coefficient (Wildman–Crippen LogP) is 5.93. The maximum Gasteiger partial charge on any atom is 0.317 e. The van der Waals surface area contributed by atoms with Crippen molar-refractivity contribution in [2.24, 2.45) is 0 Å². The van der Waals surface area contributed by atoms with E-state index in [1.165, 1.54) is 0 Å². The lowest BCUT2D eigenvalue weighted by Crippen LogP contribution is -2.05. The number of phenols is 1. The third kappa shape index (κ3) is 3.86. The van der Waals surface area contributed by atoms with Gasteiger partial charge in [0, 0.05) is 14.5 Å². The Kier molecular flexibility index (Phi) is 6.71. The SMILES string of the molecule is O=[PH](O)OC(c1ccccc1)c1c(Br)c(Br)c(O)c(Br)c1Br. The van der Waals surface area contributed by atoms with Gasteiger partial charge in [-0.15, -0.1) is 0 Å². The topological polar surface area (TPSA) is 66.8 Å². The van der Waals surface area contributed by atoms with Crippen molar-refractivity contribution in [2.75, 3.05) is 0 Å². The second-order valence-corrected chi connectivity index (χ2v) is 8.13. The van der Waals surface area contributed by atoms with Crippen molar-refractivity contribution in [1.82, 2.24) is 0 Å². The zero-order valence-corrected chi connectivity index (χ0v) is 18.0. The second-order valence-electron chi connectivity index (χ2n) is 4.19. The molecule has 0 aliphatic heterocycles. The molecular formula is C13H9Br4O4P. The molecule has 2 unspecified atom stereocenters. The molecular weight excluding hydrogens is 571 g/mol. The number of phenolic OH excluding ortho intramolecular Hbond substituents is 1. The van der Waals surface area contributed by atoms with Crippen LogP contribution in [0.1, 0.15) is 17.2 Å². The highest BCUT2D eigenvalue weighted by atomic mass is 79.9. The average molecular weight is 580 g/mol. The molecule has 0 heterocycles. The molecule has 2 N–H and O–H groups in total. The molecule has 0 radical (unpaired) electrons. The van der Waals surface area contributed by atoms with Gasteiger partial charge in [-0.1, -0.05) is 30.3 Å². The summed E-state index contributed by atoms with van der Waals surface area (Å²) in [4.78, 5) is 9.24. The molecule has 0 aromatic heterocycles. The van der Waals surface area contributed by atoms with Crippen molar-refractivity contribution in [3.05, 3.63) is 59.3 Å². The number of hydrogen-bond acceptors (Lipinski definition) is 3. The normalized spacial score (nSPS) is 13.9. The fourth-order valence-electron chi connectivity index (χ4n) is 1.89. The summed E-state index contributed by atoms with van der Waals surface area (Å²) < 4.78 is 18.4. The smallest absolute Gasteiger partial charge is 0.317 e. The van der Waals surface area contributed by atoms with Crippen LogP contribution in [-0.2, 0) is 9.09 Å². The minimum atomic E-state index is -3.18. The Labute approximate surface area is 161 Å². The van der Waals surface area contributed by atoms with E-state index in [2.05, 4.69) is 63.7 Å². The van der Waals surface area contributed by atoms with Gasteiger partial charge in [0.1, 0.15) is 11.9 Å². The number of halogens is 4. The van der Waals surface area contributed by atoms with Crippen LogP contribution in [0.5, 0.6) is 5.75 Å². The van der Waals surface area contributed by atoms with E-state index in [4.69, 9.17) is 4.52 Å². The minimum absolute atomic E-state index is 0.00552. The largest absolute Gasteiger partial charge is 0.505 e. The number of benzene rings is 2. The summed E-state index contributed by atoms with van der Waals surface area (Å²) in [5, 5.41) is 10.0. The van der Waals surface area contributed by atoms with E-state index >= 15 is 0 Å². The van der Waals surface area contributed by atoms with Crippen molar-refractivity contribution < 1.29 is 19.1 Å². The molecule has 0 saturated carbocycles. The van der Waals surface area contributed by atoms with Gasteiger partial charge in [-0.2, -0.15) is 0 Å². The van der Waals surface area contributed by atoms with Crippen molar-refractivity contribution in [2.45, 2.75) is 6.10 Å². The monoisotopic (exact) mass is 576 g/mol. The van der Waals surface area contributed by atoms with Crippen LogP contribution in [0.4, 0.5) is 0 Å². The van der Waals surface area contributed by atoms with Crippen molar-refractivity contribution in [3.63, 3.8) is 0 Å². The Balaban J connectivity index is 2.70. The lowest BCUT2D eigenvalue weighted by Gasteiger charge is -2.22. The van der Waals surface area contributed by atoms with Crippen molar-refractivity contribution in [1.29, 1.82) is 0 Å². The van der Waals surface area contributed by atoms with E-state index in [0.29, 0.717) is 29.0 Å². The van der Waals surface area contributed by atoms with Crippen molar-refractivity contribution in [3.8, 4) is 5.75 Å². The molecule has 9 heteroatoms. The number of aromatic hydroxyl groups is 1.